The predicted octanol–water partition coefficient (Wildman–Crippen LogP) is 4.11. The average molecular weight is 299 g/mol. The molecule has 106 valence electrons. The highest BCUT2D eigenvalue weighted by atomic mass is 35.5. The van der Waals surface area contributed by atoms with Crippen molar-refractivity contribution < 1.29 is 4.79 Å². The van der Waals surface area contributed by atoms with Gasteiger partial charge in [0.15, 0.2) is 0 Å². The Morgan fingerprint density at radius 2 is 1.67 bits per heavy atom. The molecule has 0 saturated heterocycles. The number of carbonyl (C=O) groups excluding carboxylic acids is 1. The molecule has 0 fully saturated rings. The molecule has 0 bridgehead atoms. The van der Waals surface area contributed by atoms with Gasteiger partial charge in [0.05, 0.1) is 5.02 Å². The van der Waals surface area contributed by atoms with Gasteiger partial charge in [0.25, 0.3) is 5.91 Å². The van der Waals surface area contributed by atoms with Gasteiger partial charge in [-0.15, -0.1) is 0 Å². The Morgan fingerprint density at radius 3 is 2.33 bits per heavy atom. The number of amides is 1. The number of para-hydroxylation sites is 2. The molecule has 0 atom stereocenters. The Bertz CT molecular complexity index is 769. The molecule has 3 aromatic rings. The van der Waals surface area contributed by atoms with Crippen molar-refractivity contribution >= 4 is 34.1 Å². The van der Waals surface area contributed by atoms with E-state index >= 15 is 0 Å². The summed E-state index contributed by atoms with van der Waals surface area (Å²) in [6.45, 7) is 0. The Kier molecular flexibility index (Phi) is 3.43. The number of halogens is 1. The molecule has 0 spiro atoms. The fourth-order valence-corrected chi connectivity index (χ4v) is 2.88. The van der Waals surface area contributed by atoms with Gasteiger partial charge in [0.1, 0.15) is 5.69 Å². The molecule has 1 heterocycles. The van der Waals surface area contributed by atoms with E-state index in [1.807, 2.05) is 66.2 Å². The van der Waals surface area contributed by atoms with Gasteiger partial charge in [-0.05, 0) is 18.2 Å². The number of fused-ring (bicyclic) bond motifs is 1. The number of aryl methyl sites for hydroxylation is 1. The molecule has 0 unspecified atom stereocenters. The molecule has 0 aliphatic heterocycles. The van der Waals surface area contributed by atoms with E-state index in [1.54, 1.807) is 11.9 Å². The third-order valence-corrected chi connectivity index (χ3v) is 4.08. The summed E-state index contributed by atoms with van der Waals surface area (Å²) in [5.41, 5.74) is 2.29. The topological polar surface area (TPSA) is 25.2 Å². The van der Waals surface area contributed by atoms with Gasteiger partial charge in [-0.2, -0.15) is 0 Å². The Balaban J connectivity index is 2.10. The normalized spacial score (nSPS) is 10.8. The van der Waals surface area contributed by atoms with Crippen LogP contribution in [0.1, 0.15) is 10.5 Å². The number of hydrogen-bond donors (Lipinski definition) is 0. The molecule has 21 heavy (non-hydrogen) atoms. The number of carbonyl (C=O) groups is 1. The lowest BCUT2D eigenvalue weighted by atomic mass is 10.2. The lowest BCUT2D eigenvalue weighted by Crippen LogP contribution is -2.28. The molecular weight excluding hydrogens is 284 g/mol. The Labute approximate surface area is 128 Å². The lowest BCUT2D eigenvalue weighted by molar-refractivity contribution is 0.0986. The largest absolute Gasteiger partial charge is 0.338 e. The Morgan fingerprint density at radius 1 is 1.05 bits per heavy atom. The minimum atomic E-state index is -0.120. The van der Waals surface area contributed by atoms with Crippen molar-refractivity contribution in [3.05, 3.63) is 65.3 Å². The van der Waals surface area contributed by atoms with Gasteiger partial charge in [-0.3, -0.25) is 4.79 Å². The maximum absolute atomic E-state index is 12.8. The molecule has 3 nitrogen and oxygen atoms in total. The van der Waals surface area contributed by atoms with Crippen LogP contribution in [0, 0.1) is 0 Å². The molecule has 4 heteroatoms. The van der Waals surface area contributed by atoms with Crippen LogP contribution in [-0.4, -0.2) is 17.5 Å². The smallest absolute Gasteiger partial charge is 0.276 e. The van der Waals surface area contributed by atoms with E-state index in [1.165, 1.54) is 0 Å². The highest BCUT2D eigenvalue weighted by Gasteiger charge is 2.23. The SMILES string of the molecule is CN(C(=O)c1c(Cl)c2ccccc2n1C)c1ccccc1. The summed E-state index contributed by atoms with van der Waals surface area (Å²) < 4.78 is 1.85. The number of benzene rings is 2. The third kappa shape index (κ3) is 2.20. The van der Waals surface area contributed by atoms with Crippen molar-refractivity contribution in [2.75, 3.05) is 11.9 Å². The summed E-state index contributed by atoms with van der Waals surface area (Å²) in [6, 6.07) is 17.3. The molecular formula is C17H15ClN2O. The van der Waals surface area contributed by atoms with E-state index in [0.29, 0.717) is 10.7 Å². The van der Waals surface area contributed by atoms with Crippen molar-refractivity contribution in [2.24, 2.45) is 7.05 Å². The van der Waals surface area contributed by atoms with Gasteiger partial charge in [-0.1, -0.05) is 48.0 Å². The number of nitrogens with zero attached hydrogens (tertiary/aromatic N) is 2. The number of aromatic nitrogens is 1. The van der Waals surface area contributed by atoms with E-state index in [-0.39, 0.29) is 5.91 Å². The molecule has 0 radical (unpaired) electrons. The van der Waals surface area contributed by atoms with Crippen molar-refractivity contribution in [3.63, 3.8) is 0 Å². The zero-order chi connectivity index (χ0) is 15.0. The van der Waals surface area contributed by atoms with Crippen LogP contribution < -0.4 is 4.90 Å². The molecule has 0 aliphatic rings. The van der Waals surface area contributed by atoms with Crippen molar-refractivity contribution in [2.45, 2.75) is 0 Å². The zero-order valence-corrected chi connectivity index (χ0v) is 12.6. The first-order valence-electron chi connectivity index (χ1n) is 6.67. The second-order valence-corrected chi connectivity index (χ2v) is 5.32. The van der Waals surface area contributed by atoms with Gasteiger partial charge in [-0.25, -0.2) is 0 Å². The first-order valence-corrected chi connectivity index (χ1v) is 7.05. The number of anilines is 1. The van der Waals surface area contributed by atoms with Gasteiger partial charge < -0.3 is 9.47 Å². The lowest BCUT2D eigenvalue weighted by Gasteiger charge is -2.18. The van der Waals surface area contributed by atoms with Crippen LogP contribution in [0.25, 0.3) is 10.9 Å². The molecule has 1 amide bonds. The van der Waals surface area contributed by atoms with Crippen LogP contribution in [0.5, 0.6) is 0 Å². The summed E-state index contributed by atoms with van der Waals surface area (Å²) in [5, 5.41) is 1.40. The van der Waals surface area contributed by atoms with Gasteiger partial charge >= 0.3 is 0 Å². The molecule has 2 aromatic carbocycles. The Hall–Kier alpha value is -2.26. The number of rotatable bonds is 2. The fourth-order valence-electron chi connectivity index (χ4n) is 2.51. The summed E-state index contributed by atoms with van der Waals surface area (Å²) in [4.78, 5) is 14.4. The monoisotopic (exact) mass is 298 g/mol. The van der Waals surface area contributed by atoms with Crippen molar-refractivity contribution in [3.8, 4) is 0 Å². The average Bonchev–Trinajstić information content (AvgIpc) is 2.79. The van der Waals surface area contributed by atoms with Crippen LogP contribution in [0.3, 0.4) is 0 Å². The van der Waals surface area contributed by atoms with E-state index in [0.717, 1.165) is 16.6 Å². The summed E-state index contributed by atoms with van der Waals surface area (Å²) in [5.74, 6) is -0.120. The quantitative estimate of drug-likeness (QED) is 0.699. The standard InChI is InChI=1S/C17H15ClN2O/c1-19(12-8-4-3-5-9-12)17(21)16-15(18)13-10-6-7-11-14(13)20(16)2/h3-11H,1-2H3. The molecule has 0 aliphatic carbocycles. The fraction of sp³-hybridized carbons (Fsp3) is 0.118. The summed E-state index contributed by atoms with van der Waals surface area (Å²) in [7, 11) is 3.62. The highest BCUT2D eigenvalue weighted by Crippen LogP contribution is 2.31. The van der Waals surface area contributed by atoms with Crippen molar-refractivity contribution in [1.82, 2.24) is 4.57 Å². The van der Waals surface area contributed by atoms with E-state index in [9.17, 15) is 4.79 Å². The first kappa shape index (κ1) is 13.7. The number of hydrogen-bond acceptors (Lipinski definition) is 1. The second-order valence-electron chi connectivity index (χ2n) is 4.94. The minimum Gasteiger partial charge on any atom is -0.338 e. The van der Waals surface area contributed by atoms with E-state index < -0.39 is 0 Å². The third-order valence-electron chi connectivity index (χ3n) is 3.70. The minimum absolute atomic E-state index is 0.120. The summed E-state index contributed by atoms with van der Waals surface area (Å²) >= 11 is 6.42. The zero-order valence-electron chi connectivity index (χ0n) is 11.9. The van der Waals surface area contributed by atoms with E-state index in [4.69, 9.17) is 11.6 Å². The van der Waals surface area contributed by atoms with Crippen LogP contribution >= 0.6 is 11.6 Å². The first-order chi connectivity index (χ1) is 10.1. The van der Waals surface area contributed by atoms with Crippen LogP contribution in [0.4, 0.5) is 5.69 Å². The molecule has 0 saturated carbocycles. The van der Waals surface area contributed by atoms with Crippen LogP contribution in [-0.2, 0) is 7.05 Å². The van der Waals surface area contributed by atoms with Gasteiger partial charge in [0, 0.05) is 30.7 Å². The van der Waals surface area contributed by atoms with Crippen molar-refractivity contribution in [1.29, 1.82) is 0 Å². The molecule has 3 rings (SSSR count). The maximum atomic E-state index is 12.8. The highest BCUT2D eigenvalue weighted by molar-refractivity contribution is 6.39. The second kappa shape index (κ2) is 5.26. The van der Waals surface area contributed by atoms with Crippen LogP contribution in [0.15, 0.2) is 54.6 Å². The van der Waals surface area contributed by atoms with Gasteiger partial charge in [0.2, 0.25) is 0 Å². The molecule has 0 N–H and O–H groups in total. The van der Waals surface area contributed by atoms with E-state index in [2.05, 4.69) is 0 Å². The van der Waals surface area contributed by atoms with Crippen LogP contribution in [0.2, 0.25) is 5.02 Å². The maximum Gasteiger partial charge on any atom is 0.276 e. The molecule has 1 aromatic heterocycles. The predicted molar refractivity (Wildman–Crippen MR) is 87.1 cm³/mol. The summed E-state index contributed by atoms with van der Waals surface area (Å²) in [6.07, 6.45) is 0.